The van der Waals surface area contributed by atoms with E-state index in [0.29, 0.717) is 5.56 Å². The van der Waals surface area contributed by atoms with Crippen LogP contribution in [0.15, 0.2) is 65.5 Å². The van der Waals surface area contributed by atoms with Crippen molar-refractivity contribution < 1.29 is 14.6 Å². The zero-order chi connectivity index (χ0) is 23.8. The molecule has 1 fully saturated rings. The van der Waals surface area contributed by atoms with E-state index in [9.17, 15) is 31.2 Å². The predicted octanol–water partition coefficient (Wildman–Crippen LogP) is 2.68. The van der Waals surface area contributed by atoms with Crippen molar-refractivity contribution in [3.05, 3.63) is 92.3 Å². The molecule has 1 saturated carbocycles. The Hall–Kier alpha value is -4.30. The fourth-order valence-corrected chi connectivity index (χ4v) is 4.61. The van der Waals surface area contributed by atoms with Crippen LogP contribution in [0.25, 0.3) is 5.41 Å². The van der Waals surface area contributed by atoms with E-state index in [4.69, 9.17) is 0 Å². The average Bonchev–Trinajstić information content (AvgIpc) is 3.66. The zero-order valence-electron chi connectivity index (χ0n) is 17.8. The molecule has 3 atom stereocenters. The molecule has 0 amide bonds. The summed E-state index contributed by atoms with van der Waals surface area (Å²) in [6, 6.07) is 14.6. The summed E-state index contributed by atoms with van der Waals surface area (Å²) in [4.78, 5) is 10.7. The first-order valence-electron chi connectivity index (χ1n) is 10.4. The standard InChI is InChI=1S/C24H20N6O3/c1-15-4-2-3-11-29(15)23-21(16-5-9-19(10-6-16)30(32)33)20(14-27)22(17(12-25)13-26)28-24(23,31)18-7-8-18/h2-6,9-11,18,21,23,28,31H,7-8H2,1H3/t21-,23+,24+/m1/s1. The van der Waals surface area contributed by atoms with E-state index in [1.165, 1.54) is 12.1 Å². The van der Waals surface area contributed by atoms with Gasteiger partial charge in [-0.15, -0.1) is 0 Å². The van der Waals surface area contributed by atoms with E-state index in [-0.39, 0.29) is 28.4 Å². The molecule has 1 aromatic heterocycles. The van der Waals surface area contributed by atoms with E-state index in [2.05, 4.69) is 11.4 Å². The second kappa shape index (κ2) is 8.33. The van der Waals surface area contributed by atoms with Crippen molar-refractivity contribution in [2.75, 3.05) is 0 Å². The number of pyridine rings is 1. The van der Waals surface area contributed by atoms with Crippen LogP contribution in [-0.4, -0.2) is 21.6 Å². The van der Waals surface area contributed by atoms with E-state index in [0.717, 1.165) is 18.5 Å². The highest BCUT2D eigenvalue weighted by molar-refractivity contribution is 5.74. The van der Waals surface area contributed by atoms with Gasteiger partial charge in [0.15, 0.2) is 11.9 Å². The van der Waals surface area contributed by atoms with E-state index >= 15 is 0 Å². The third kappa shape index (κ3) is 3.66. The van der Waals surface area contributed by atoms with E-state index < -0.39 is 22.6 Å². The van der Waals surface area contributed by atoms with Crippen LogP contribution >= 0.6 is 0 Å². The number of allylic oxidation sites excluding steroid dienone is 2. The Morgan fingerprint density at radius 2 is 1.97 bits per heavy atom. The van der Waals surface area contributed by atoms with Crippen LogP contribution in [0.4, 0.5) is 5.69 Å². The van der Waals surface area contributed by atoms with Crippen LogP contribution in [0.5, 0.6) is 0 Å². The number of aromatic nitrogens is 1. The zero-order valence-corrected chi connectivity index (χ0v) is 17.8. The average molecular weight is 440 g/mol. The van der Waals surface area contributed by atoms with Gasteiger partial charge in [-0.2, -0.15) is 15.1 Å². The van der Waals surface area contributed by atoms with Crippen molar-refractivity contribution in [2.45, 2.75) is 37.5 Å². The molecule has 9 nitrogen and oxygen atoms in total. The first-order valence-corrected chi connectivity index (χ1v) is 10.4. The lowest BCUT2D eigenvalue weighted by Gasteiger charge is -2.43. The van der Waals surface area contributed by atoms with Gasteiger partial charge in [0.1, 0.15) is 6.07 Å². The number of nitro benzene ring substituents is 1. The van der Waals surface area contributed by atoms with Crippen molar-refractivity contribution in [3.8, 4) is 12.1 Å². The van der Waals surface area contributed by atoms with Gasteiger partial charge in [-0.1, -0.05) is 18.2 Å². The van der Waals surface area contributed by atoms with Crippen LogP contribution in [0.1, 0.15) is 36.1 Å². The SMILES string of the molecule is Cc1cccc[n+]1[C@H]1[C@H](c2ccc([N+](=O)[O-])cc2)C(C#N)=C(C(=C=[N-])C#N)N[C@]1(O)C1CC1. The van der Waals surface area contributed by atoms with Gasteiger partial charge in [0.2, 0.25) is 11.8 Å². The molecule has 0 spiro atoms. The molecule has 9 heteroatoms. The molecule has 0 unspecified atom stereocenters. The third-order valence-corrected chi connectivity index (χ3v) is 6.33. The van der Waals surface area contributed by atoms with Gasteiger partial charge < -0.3 is 15.8 Å². The molecule has 2 N–H and O–H groups in total. The van der Waals surface area contributed by atoms with Gasteiger partial charge in [0, 0.05) is 37.1 Å². The Morgan fingerprint density at radius 3 is 2.48 bits per heavy atom. The molecule has 1 aliphatic heterocycles. The summed E-state index contributed by atoms with van der Waals surface area (Å²) < 4.78 is 1.88. The fourth-order valence-electron chi connectivity index (χ4n) is 4.61. The molecule has 2 aliphatic rings. The van der Waals surface area contributed by atoms with Crippen LogP contribution in [0.2, 0.25) is 0 Å². The Bertz CT molecular complexity index is 1290. The Kier molecular flexibility index (Phi) is 5.53. The van der Waals surface area contributed by atoms with Gasteiger partial charge in [0.05, 0.1) is 33.8 Å². The summed E-state index contributed by atoms with van der Waals surface area (Å²) in [6.07, 6.45) is 3.29. The Morgan fingerprint density at radius 1 is 1.27 bits per heavy atom. The number of nitro groups is 1. The third-order valence-electron chi connectivity index (χ3n) is 6.33. The Balaban J connectivity index is 2.04. The van der Waals surface area contributed by atoms with Crippen molar-refractivity contribution in [3.63, 3.8) is 0 Å². The number of nitrogens with one attached hydrogen (secondary N) is 1. The van der Waals surface area contributed by atoms with Crippen molar-refractivity contribution in [2.24, 2.45) is 5.92 Å². The number of benzene rings is 1. The quantitative estimate of drug-likeness (QED) is 0.240. The van der Waals surface area contributed by atoms with Gasteiger partial charge in [-0.3, -0.25) is 10.1 Å². The lowest BCUT2D eigenvalue weighted by atomic mass is 9.73. The van der Waals surface area contributed by atoms with Crippen LogP contribution in [-0.2, 0) is 0 Å². The number of nitriles is 2. The summed E-state index contributed by atoms with van der Waals surface area (Å²) in [7, 11) is 0. The molecule has 1 aliphatic carbocycles. The minimum Gasteiger partial charge on any atom is -0.762 e. The van der Waals surface area contributed by atoms with Gasteiger partial charge >= 0.3 is 0 Å². The minimum absolute atomic E-state index is 0.00527. The number of aryl methyl sites for hydroxylation is 1. The Labute approximate surface area is 190 Å². The van der Waals surface area contributed by atoms with Gasteiger partial charge in [0.25, 0.3) is 5.69 Å². The molecule has 0 saturated heterocycles. The summed E-state index contributed by atoms with van der Waals surface area (Å²) in [5.41, 5.74) is -0.441. The second-order valence-corrected chi connectivity index (χ2v) is 8.24. The molecule has 4 rings (SSSR count). The number of hydrogen-bond donors (Lipinski definition) is 2. The first-order chi connectivity index (χ1) is 15.8. The lowest BCUT2D eigenvalue weighted by molar-refractivity contribution is -0.747. The smallest absolute Gasteiger partial charge is 0.269 e. The lowest BCUT2D eigenvalue weighted by Crippen LogP contribution is -2.66. The monoisotopic (exact) mass is 440 g/mol. The van der Waals surface area contributed by atoms with Crippen molar-refractivity contribution >= 4 is 11.6 Å². The maximum atomic E-state index is 12.0. The topological polar surface area (TPSA) is 149 Å². The predicted molar refractivity (Wildman–Crippen MR) is 117 cm³/mol. The van der Waals surface area contributed by atoms with Crippen LogP contribution < -0.4 is 9.88 Å². The van der Waals surface area contributed by atoms with E-state index in [1.54, 1.807) is 12.1 Å². The molecule has 2 aromatic rings. The normalized spacial score (nSPS) is 24.1. The van der Waals surface area contributed by atoms with Crippen molar-refractivity contribution in [1.82, 2.24) is 5.32 Å². The van der Waals surface area contributed by atoms with E-state index in [1.807, 2.05) is 47.8 Å². The highest BCUT2D eigenvalue weighted by Gasteiger charge is 2.61. The molecular formula is C24H20N6O3. The molecule has 1 aromatic carbocycles. The molecule has 0 bridgehead atoms. The number of hydrogen-bond acceptors (Lipinski definition) is 6. The summed E-state index contributed by atoms with van der Waals surface area (Å²) >= 11 is 0. The van der Waals surface area contributed by atoms with Crippen LogP contribution in [0, 0.1) is 45.6 Å². The fraction of sp³-hybridized carbons (Fsp3) is 0.292. The molecule has 2 heterocycles. The van der Waals surface area contributed by atoms with Crippen LogP contribution in [0.3, 0.4) is 0 Å². The summed E-state index contributed by atoms with van der Waals surface area (Å²) in [6.45, 7) is 1.88. The van der Waals surface area contributed by atoms with Gasteiger partial charge in [-0.25, -0.2) is 5.87 Å². The molecular weight excluding hydrogens is 420 g/mol. The first kappa shape index (κ1) is 21.9. The second-order valence-electron chi connectivity index (χ2n) is 8.24. The van der Waals surface area contributed by atoms with Gasteiger partial charge in [-0.05, 0) is 18.4 Å². The molecule has 33 heavy (non-hydrogen) atoms. The summed E-state index contributed by atoms with van der Waals surface area (Å²) in [5, 5.41) is 55.4. The molecule has 0 radical (unpaired) electrons. The number of nitrogens with zero attached hydrogens (tertiary/aromatic N) is 5. The number of non-ortho nitro benzene ring substituents is 1. The largest absolute Gasteiger partial charge is 0.762 e. The highest BCUT2D eigenvalue weighted by atomic mass is 16.6. The maximum Gasteiger partial charge on any atom is 0.269 e. The number of rotatable bonds is 5. The maximum absolute atomic E-state index is 12.0. The van der Waals surface area contributed by atoms with Crippen molar-refractivity contribution in [1.29, 1.82) is 10.5 Å². The minimum atomic E-state index is -1.56. The summed E-state index contributed by atoms with van der Waals surface area (Å²) in [5.74, 6) is 0.895. The number of aliphatic hydroxyl groups is 1. The molecule has 164 valence electrons. The highest BCUT2D eigenvalue weighted by Crippen LogP contribution is 2.52.